The van der Waals surface area contributed by atoms with Crippen LogP contribution in [0.1, 0.15) is 24.3 Å². The summed E-state index contributed by atoms with van der Waals surface area (Å²) >= 11 is 7.44. The van der Waals surface area contributed by atoms with Crippen LogP contribution in [0.3, 0.4) is 0 Å². The maximum atomic E-state index is 10.6. The van der Waals surface area contributed by atoms with E-state index < -0.39 is 5.97 Å². The van der Waals surface area contributed by atoms with E-state index >= 15 is 0 Å². The minimum atomic E-state index is -0.833. The minimum absolute atomic E-state index is 0.0299. The Hall–Kier alpha value is -0.870. The molecule has 0 saturated heterocycles. The zero-order valence-corrected chi connectivity index (χ0v) is 11.0. The Morgan fingerprint density at radius 2 is 2.29 bits per heavy atom. The van der Waals surface area contributed by atoms with Crippen molar-refractivity contribution >= 4 is 29.3 Å². The fourth-order valence-electron chi connectivity index (χ4n) is 1.67. The molecule has 1 aliphatic rings. The summed E-state index contributed by atoms with van der Waals surface area (Å²) in [7, 11) is 1.56. The van der Waals surface area contributed by atoms with Crippen molar-refractivity contribution in [1.82, 2.24) is 0 Å². The van der Waals surface area contributed by atoms with Gasteiger partial charge in [-0.3, -0.25) is 4.79 Å². The highest BCUT2D eigenvalue weighted by Gasteiger charge is 2.27. The first-order valence-electron chi connectivity index (χ1n) is 5.34. The van der Waals surface area contributed by atoms with Crippen LogP contribution in [0.15, 0.2) is 17.0 Å². The zero-order chi connectivity index (χ0) is 12.4. The van der Waals surface area contributed by atoms with Crippen molar-refractivity contribution in [3.8, 4) is 5.75 Å². The first-order chi connectivity index (χ1) is 8.11. The minimum Gasteiger partial charge on any atom is -0.496 e. The summed E-state index contributed by atoms with van der Waals surface area (Å²) in [5.74, 6) is 0.380. The van der Waals surface area contributed by atoms with E-state index in [0.717, 1.165) is 23.3 Å². The molecule has 1 fully saturated rings. The van der Waals surface area contributed by atoms with Gasteiger partial charge >= 0.3 is 5.97 Å². The van der Waals surface area contributed by atoms with Crippen molar-refractivity contribution in [3.63, 3.8) is 0 Å². The lowest BCUT2D eigenvalue weighted by Gasteiger charge is -2.11. The summed E-state index contributed by atoms with van der Waals surface area (Å²) in [6, 6.07) is 3.74. The van der Waals surface area contributed by atoms with Crippen LogP contribution in [0.25, 0.3) is 0 Å². The average Bonchev–Trinajstić information content (AvgIpc) is 3.10. The lowest BCUT2D eigenvalue weighted by Crippen LogP contribution is -1.99. The second-order valence-electron chi connectivity index (χ2n) is 3.98. The molecule has 1 N–H and O–H groups in total. The number of hydrogen-bond acceptors (Lipinski definition) is 3. The van der Waals surface area contributed by atoms with Crippen molar-refractivity contribution in [2.75, 3.05) is 12.9 Å². The molecule has 0 aliphatic heterocycles. The highest BCUT2D eigenvalue weighted by molar-refractivity contribution is 8.00. The van der Waals surface area contributed by atoms with Gasteiger partial charge in [0.2, 0.25) is 0 Å². The van der Waals surface area contributed by atoms with E-state index in [-0.39, 0.29) is 5.75 Å². The maximum absolute atomic E-state index is 10.6. The molecule has 1 aromatic rings. The van der Waals surface area contributed by atoms with Crippen LogP contribution in [0, 0.1) is 0 Å². The normalized spacial score (nSPS) is 14.7. The summed E-state index contributed by atoms with van der Waals surface area (Å²) in [6.07, 6.45) is 2.32. The molecular formula is C12H13ClO3S. The van der Waals surface area contributed by atoms with Crippen molar-refractivity contribution < 1.29 is 14.6 Å². The standard InChI is InChI=1S/C12H13ClO3S/c1-16-10-5-9(13)8(7-2-3-7)4-11(10)17-6-12(14)15/h4-5,7H,2-3,6H2,1H3,(H,14,15). The number of rotatable bonds is 5. The topological polar surface area (TPSA) is 46.5 Å². The molecule has 1 aromatic carbocycles. The SMILES string of the molecule is COc1cc(Cl)c(C2CC2)cc1SCC(=O)O. The predicted octanol–water partition coefficient (Wildman–Crippen LogP) is 3.40. The molecule has 0 bridgehead atoms. The Bertz CT molecular complexity index is 444. The van der Waals surface area contributed by atoms with Gasteiger partial charge < -0.3 is 9.84 Å². The number of halogens is 1. The Morgan fingerprint density at radius 1 is 1.59 bits per heavy atom. The summed E-state index contributed by atoms with van der Waals surface area (Å²) in [6.45, 7) is 0. The zero-order valence-electron chi connectivity index (χ0n) is 9.40. The smallest absolute Gasteiger partial charge is 0.313 e. The van der Waals surface area contributed by atoms with E-state index in [4.69, 9.17) is 21.4 Å². The third-order valence-corrected chi connectivity index (χ3v) is 4.00. The molecule has 3 nitrogen and oxygen atoms in total. The molecule has 0 aromatic heterocycles. The molecule has 1 aliphatic carbocycles. The lowest BCUT2D eigenvalue weighted by atomic mass is 10.1. The van der Waals surface area contributed by atoms with E-state index in [1.807, 2.05) is 6.07 Å². The molecular weight excluding hydrogens is 260 g/mol. The van der Waals surface area contributed by atoms with E-state index in [1.165, 1.54) is 11.8 Å². The Labute approximate surface area is 109 Å². The van der Waals surface area contributed by atoms with Crippen LogP contribution in [0.5, 0.6) is 5.75 Å². The quantitative estimate of drug-likeness (QED) is 0.835. The number of carboxylic acids is 1. The van der Waals surface area contributed by atoms with Gasteiger partial charge in [-0.05, 0) is 30.4 Å². The van der Waals surface area contributed by atoms with E-state index in [0.29, 0.717) is 16.7 Å². The third-order valence-electron chi connectivity index (χ3n) is 2.65. The van der Waals surface area contributed by atoms with Gasteiger partial charge in [-0.15, -0.1) is 11.8 Å². The molecule has 0 amide bonds. The molecule has 5 heteroatoms. The lowest BCUT2D eigenvalue weighted by molar-refractivity contribution is -0.133. The van der Waals surface area contributed by atoms with Gasteiger partial charge in [0.25, 0.3) is 0 Å². The van der Waals surface area contributed by atoms with E-state index in [9.17, 15) is 4.79 Å². The fourth-order valence-corrected chi connectivity index (χ4v) is 2.75. The molecule has 2 rings (SSSR count). The highest BCUT2D eigenvalue weighted by atomic mass is 35.5. The Morgan fingerprint density at radius 3 is 2.82 bits per heavy atom. The number of aliphatic carboxylic acids is 1. The maximum Gasteiger partial charge on any atom is 0.313 e. The van der Waals surface area contributed by atoms with Gasteiger partial charge in [0.15, 0.2) is 0 Å². The monoisotopic (exact) mass is 272 g/mol. The number of thioether (sulfide) groups is 1. The van der Waals surface area contributed by atoms with Gasteiger partial charge in [0.1, 0.15) is 5.75 Å². The molecule has 0 radical (unpaired) electrons. The van der Waals surface area contributed by atoms with E-state index in [1.54, 1.807) is 13.2 Å². The number of carboxylic acid groups (broad SMARTS) is 1. The average molecular weight is 273 g/mol. The molecule has 0 spiro atoms. The van der Waals surface area contributed by atoms with Crippen molar-refractivity contribution in [3.05, 3.63) is 22.7 Å². The van der Waals surface area contributed by atoms with Gasteiger partial charge in [0, 0.05) is 11.1 Å². The third kappa shape index (κ3) is 3.07. The Balaban J connectivity index is 2.26. The van der Waals surface area contributed by atoms with Crippen molar-refractivity contribution in [2.45, 2.75) is 23.7 Å². The number of hydrogen-bond donors (Lipinski definition) is 1. The first-order valence-corrected chi connectivity index (χ1v) is 6.70. The second kappa shape index (κ2) is 5.19. The van der Waals surface area contributed by atoms with Gasteiger partial charge in [0.05, 0.1) is 17.8 Å². The fraction of sp³-hybridized carbons (Fsp3) is 0.417. The van der Waals surface area contributed by atoms with Gasteiger partial charge in [-0.25, -0.2) is 0 Å². The summed E-state index contributed by atoms with van der Waals surface area (Å²) < 4.78 is 5.22. The van der Waals surface area contributed by atoms with Crippen LogP contribution >= 0.6 is 23.4 Å². The molecule has 17 heavy (non-hydrogen) atoms. The van der Waals surface area contributed by atoms with Crippen LogP contribution in [-0.2, 0) is 4.79 Å². The first kappa shape index (κ1) is 12.6. The highest BCUT2D eigenvalue weighted by Crippen LogP contribution is 2.46. The molecule has 0 heterocycles. The van der Waals surface area contributed by atoms with Crippen LogP contribution in [0.2, 0.25) is 5.02 Å². The number of ether oxygens (including phenoxy) is 1. The van der Waals surface area contributed by atoms with E-state index in [2.05, 4.69) is 0 Å². The number of benzene rings is 1. The number of carbonyl (C=O) groups is 1. The molecule has 0 unspecified atom stereocenters. The van der Waals surface area contributed by atoms with Crippen LogP contribution in [0.4, 0.5) is 0 Å². The van der Waals surface area contributed by atoms with Crippen LogP contribution < -0.4 is 4.74 Å². The largest absolute Gasteiger partial charge is 0.496 e. The van der Waals surface area contributed by atoms with Crippen LogP contribution in [-0.4, -0.2) is 23.9 Å². The summed E-state index contributed by atoms with van der Waals surface area (Å²) in [4.78, 5) is 11.4. The van der Waals surface area contributed by atoms with Gasteiger partial charge in [-0.2, -0.15) is 0 Å². The predicted molar refractivity (Wildman–Crippen MR) is 68.3 cm³/mol. The molecule has 92 valence electrons. The number of methoxy groups -OCH3 is 1. The van der Waals surface area contributed by atoms with Crippen molar-refractivity contribution in [2.24, 2.45) is 0 Å². The molecule has 1 saturated carbocycles. The summed E-state index contributed by atoms with van der Waals surface area (Å²) in [5.41, 5.74) is 1.11. The van der Waals surface area contributed by atoms with Gasteiger partial charge in [-0.1, -0.05) is 11.6 Å². The molecule has 0 atom stereocenters. The summed E-state index contributed by atoms with van der Waals surface area (Å²) in [5, 5.41) is 9.41. The Kier molecular flexibility index (Phi) is 3.84. The second-order valence-corrected chi connectivity index (χ2v) is 5.41. The van der Waals surface area contributed by atoms with Crippen molar-refractivity contribution in [1.29, 1.82) is 0 Å².